The zero-order valence-electron chi connectivity index (χ0n) is 27.2. The number of thioether (sulfide) groups is 1. The van der Waals surface area contributed by atoms with Gasteiger partial charge in [-0.05, 0) is 70.3 Å². The molecule has 0 aromatic heterocycles. The molecule has 1 heterocycles. The number of fused-ring (bicyclic) bond motifs is 6. The predicted octanol–water partition coefficient (Wildman–Crippen LogP) is 4.32. The molecule has 11 unspecified atom stereocenters. The van der Waals surface area contributed by atoms with Crippen LogP contribution in [0.4, 0.5) is 0 Å². The first-order valence-electron chi connectivity index (χ1n) is 15.8. The number of ether oxygens (including phenoxy) is 3. The van der Waals surface area contributed by atoms with Crippen molar-refractivity contribution in [1.29, 1.82) is 0 Å². The number of allylic oxidation sites excluding steroid dienone is 3. The fraction of sp³-hybridized carbons (Fsp3) is 0.765. The molecule has 1 saturated heterocycles. The summed E-state index contributed by atoms with van der Waals surface area (Å²) in [5.74, 6) is -1.13. The van der Waals surface area contributed by atoms with Gasteiger partial charge in [-0.1, -0.05) is 44.2 Å². The van der Waals surface area contributed by atoms with Crippen LogP contribution in [0.25, 0.3) is 0 Å². The molecule has 9 nitrogen and oxygen atoms in total. The van der Waals surface area contributed by atoms with Crippen molar-refractivity contribution in [2.45, 2.75) is 122 Å². The predicted molar refractivity (Wildman–Crippen MR) is 164 cm³/mol. The summed E-state index contributed by atoms with van der Waals surface area (Å²) in [6.45, 7) is 12.7. The van der Waals surface area contributed by atoms with Crippen LogP contribution in [0.15, 0.2) is 23.8 Å². The summed E-state index contributed by atoms with van der Waals surface area (Å²) in [5, 5.41) is 22.6. The van der Waals surface area contributed by atoms with E-state index in [1.807, 2.05) is 6.08 Å². The van der Waals surface area contributed by atoms with Gasteiger partial charge in [-0.3, -0.25) is 19.2 Å². The van der Waals surface area contributed by atoms with Crippen LogP contribution in [-0.4, -0.2) is 74.4 Å². The molecule has 0 aromatic rings. The molecule has 0 bridgehead atoms. The van der Waals surface area contributed by atoms with Crippen molar-refractivity contribution in [1.82, 2.24) is 0 Å². The van der Waals surface area contributed by atoms with E-state index in [-0.39, 0.29) is 58.8 Å². The lowest BCUT2D eigenvalue weighted by Gasteiger charge is -2.66. The van der Waals surface area contributed by atoms with Gasteiger partial charge >= 0.3 is 11.9 Å². The highest BCUT2D eigenvalue weighted by Crippen LogP contribution is 2.72. The largest absolute Gasteiger partial charge is 0.462 e. The van der Waals surface area contributed by atoms with E-state index >= 15 is 0 Å². The first kappa shape index (κ1) is 33.4. The summed E-state index contributed by atoms with van der Waals surface area (Å²) in [6, 6.07) is 0. The van der Waals surface area contributed by atoms with Crippen LogP contribution in [0.2, 0.25) is 0 Å². The lowest BCUT2D eigenvalue weighted by Crippen LogP contribution is -2.72. The third-order valence-corrected chi connectivity index (χ3v) is 13.0. The molecule has 3 saturated carbocycles. The molecule has 5 aliphatic rings. The monoisotopic (exact) mass is 632 g/mol. The SMILES string of the molecule is CSC(=O)CC(=O)OC(C)(CC1OC2(C(O)CC3C4C(OC(C)=O)CC5=CC(=O)C=CC5(C)C4CCC32C)C1C)C(C)(C)O. The van der Waals surface area contributed by atoms with Crippen LogP contribution in [0.1, 0.15) is 87.0 Å². The van der Waals surface area contributed by atoms with E-state index in [0.29, 0.717) is 12.8 Å². The molecule has 0 aromatic carbocycles. The fourth-order valence-electron chi connectivity index (χ4n) is 9.72. The molecule has 4 aliphatic carbocycles. The van der Waals surface area contributed by atoms with Crippen molar-refractivity contribution in [2.75, 3.05) is 6.26 Å². The maximum Gasteiger partial charge on any atom is 0.314 e. The maximum absolute atomic E-state index is 12.7. The van der Waals surface area contributed by atoms with E-state index in [4.69, 9.17) is 14.2 Å². The summed E-state index contributed by atoms with van der Waals surface area (Å²) in [5.41, 5.74) is -3.38. The quantitative estimate of drug-likeness (QED) is 0.308. The molecule has 0 radical (unpaired) electrons. The second-order valence-corrected chi connectivity index (χ2v) is 15.9. The third-order valence-electron chi connectivity index (χ3n) is 12.4. The minimum Gasteiger partial charge on any atom is -0.462 e. The first-order valence-corrected chi connectivity index (χ1v) is 17.0. The van der Waals surface area contributed by atoms with Crippen LogP contribution in [0.5, 0.6) is 0 Å². The molecule has 1 spiro atoms. The molecule has 10 heteroatoms. The van der Waals surface area contributed by atoms with Crippen molar-refractivity contribution in [3.8, 4) is 0 Å². The maximum atomic E-state index is 12.7. The van der Waals surface area contributed by atoms with Gasteiger partial charge in [-0.25, -0.2) is 0 Å². The summed E-state index contributed by atoms with van der Waals surface area (Å²) in [6.07, 6.45) is 7.81. The lowest BCUT2D eigenvalue weighted by molar-refractivity contribution is -0.344. The zero-order valence-corrected chi connectivity index (χ0v) is 28.0. The Morgan fingerprint density at radius 2 is 1.86 bits per heavy atom. The van der Waals surface area contributed by atoms with Gasteiger partial charge in [-0.15, -0.1) is 0 Å². The second-order valence-electron chi connectivity index (χ2n) is 15.0. The smallest absolute Gasteiger partial charge is 0.314 e. The minimum absolute atomic E-state index is 0.00412. The van der Waals surface area contributed by atoms with Crippen molar-refractivity contribution in [3.05, 3.63) is 23.8 Å². The van der Waals surface area contributed by atoms with Gasteiger partial charge in [-0.2, -0.15) is 0 Å². The Bertz CT molecular complexity index is 1300. The molecular weight excluding hydrogens is 584 g/mol. The number of carbonyl (C=O) groups excluding carboxylic acids is 4. The molecule has 4 fully saturated rings. The van der Waals surface area contributed by atoms with E-state index in [1.54, 1.807) is 39.2 Å². The topological polar surface area (TPSA) is 136 Å². The molecule has 0 amide bonds. The summed E-state index contributed by atoms with van der Waals surface area (Å²) in [4.78, 5) is 49.2. The van der Waals surface area contributed by atoms with Crippen molar-refractivity contribution >= 4 is 34.6 Å². The van der Waals surface area contributed by atoms with E-state index in [9.17, 15) is 29.4 Å². The van der Waals surface area contributed by atoms with E-state index in [0.717, 1.165) is 30.2 Å². The van der Waals surface area contributed by atoms with E-state index < -0.39 is 46.5 Å². The van der Waals surface area contributed by atoms with Gasteiger partial charge in [0, 0.05) is 42.4 Å². The molecule has 2 N–H and O–H groups in total. The molecular formula is C34H48O9S. The highest BCUT2D eigenvalue weighted by atomic mass is 32.2. The highest BCUT2D eigenvalue weighted by molar-refractivity contribution is 8.13. The van der Waals surface area contributed by atoms with Crippen molar-refractivity contribution in [3.63, 3.8) is 0 Å². The normalized spacial score (nSPS) is 42.3. The fourth-order valence-corrected chi connectivity index (χ4v) is 9.98. The molecule has 44 heavy (non-hydrogen) atoms. The van der Waals surface area contributed by atoms with Crippen LogP contribution in [0, 0.1) is 34.5 Å². The third kappa shape index (κ3) is 4.94. The minimum atomic E-state index is -1.43. The van der Waals surface area contributed by atoms with Gasteiger partial charge in [0.25, 0.3) is 0 Å². The van der Waals surface area contributed by atoms with Gasteiger partial charge in [0.2, 0.25) is 0 Å². The number of hydrogen-bond acceptors (Lipinski definition) is 10. The molecule has 244 valence electrons. The van der Waals surface area contributed by atoms with Gasteiger partial charge in [0.1, 0.15) is 23.7 Å². The summed E-state index contributed by atoms with van der Waals surface area (Å²) < 4.78 is 18.6. The Hall–Kier alpha value is -2.01. The number of rotatable bonds is 7. The van der Waals surface area contributed by atoms with Crippen LogP contribution in [0.3, 0.4) is 0 Å². The van der Waals surface area contributed by atoms with Crippen LogP contribution >= 0.6 is 11.8 Å². The van der Waals surface area contributed by atoms with Crippen LogP contribution < -0.4 is 0 Å². The number of hydrogen-bond donors (Lipinski definition) is 2. The number of carbonyl (C=O) groups is 4. The Morgan fingerprint density at radius 1 is 1.18 bits per heavy atom. The van der Waals surface area contributed by atoms with E-state index in [2.05, 4.69) is 20.8 Å². The zero-order chi connectivity index (χ0) is 32.6. The van der Waals surface area contributed by atoms with Gasteiger partial charge in [0.05, 0.1) is 17.8 Å². The average Bonchev–Trinajstić information content (AvgIpc) is 3.15. The van der Waals surface area contributed by atoms with E-state index in [1.165, 1.54) is 6.92 Å². The Kier molecular flexibility index (Phi) is 8.38. The summed E-state index contributed by atoms with van der Waals surface area (Å²) >= 11 is 0.952. The van der Waals surface area contributed by atoms with Gasteiger partial charge < -0.3 is 24.4 Å². The second kappa shape index (κ2) is 11.1. The van der Waals surface area contributed by atoms with Crippen molar-refractivity contribution < 1.29 is 43.6 Å². The van der Waals surface area contributed by atoms with Gasteiger partial charge in [0.15, 0.2) is 10.9 Å². The molecule has 5 rings (SSSR count). The number of ketones is 1. The summed E-state index contributed by atoms with van der Waals surface area (Å²) in [7, 11) is 0. The standard InChI is InChI=1S/C34H48O9S/c1-18-25(17-33(7,30(3,4)40)43-27(38)16-28(39)44-8)42-34(18)26(37)15-23-29-22(10-12-32(23,34)6)31(5)11-9-21(36)13-20(31)14-24(29)41-19(2)35/h9,11,13,18,22-26,29,37,40H,10,12,14-17H2,1-8H3. The average molecular weight is 633 g/mol. The lowest BCUT2D eigenvalue weighted by atomic mass is 9.45. The molecule has 1 aliphatic heterocycles. The Morgan fingerprint density at radius 3 is 2.45 bits per heavy atom. The molecule has 11 atom stereocenters. The number of aliphatic hydroxyl groups excluding tert-OH is 1. The van der Waals surface area contributed by atoms with Crippen molar-refractivity contribution in [2.24, 2.45) is 34.5 Å². The Balaban J connectivity index is 1.42. The first-order chi connectivity index (χ1) is 20.3. The number of aliphatic hydroxyl groups is 2. The number of esters is 2. The Labute approximate surface area is 264 Å². The van der Waals surface area contributed by atoms with Crippen LogP contribution in [-0.2, 0) is 33.4 Å². The highest BCUT2D eigenvalue weighted by Gasteiger charge is 2.76.